The zero-order valence-corrected chi connectivity index (χ0v) is 12.0. The maximum atomic E-state index is 11.6. The van der Waals surface area contributed by atoms with Crippen molar-refractivity contribution < 1.29 is 9.53 Å². The van der Waals surface area contributed by atoms with Crippen LogP contribution in [0.15, 0.2) is 24.3 Å². The van der Waals surface area contributed by atoms with Crippen molar-refractivity contribution in [2.75, 3.05) is 6.61 Å². The van der Waals surface area contributed by atoms with Crippen LogP contribution in [0.1, 0.15) is 45.2 Å². The number of amides is 1. The molecule has 0 bridgehead atoms. The van der Waals surface area contributed by atoms with Crippen LogP contribution in [0.2, 0.25) is 0 Å². The molecule has 4 heteroatoms. The van der Waals surface area contributed by atoms with Crippen LogP contribution in [0.3, 0.4) is 0 Å². The van der Waals surface area contributed by atoms with E-state index in [0.29, 0.717) is 5.75 Å². The fourth-order valence-corrected chi connectivity index (χ4v) is 1.61. The Labute approximate surface area is 115 Å². The third-order valence-electron chi connectivity index (χ3n) is 3.14. The van der Waals surface area contributed by atoms with Crippen molar-refractivity contribution in [1.82, 2.24) is 5.32 Å². The van der Waals surface area contributed by atoms with E-state index in [-0.39, 0.29) is 24.6 Å². The molecular formula is C15H24N2O2. The summed E-state index contributed by atoms with van der Waals surface area (Å²) in [6.45, 7) is 6.10. The first-order valence-electron chi connectivity index (χ1n) is 6.84. The lowest BCUT2D eigenvalue weighted by atomic mass is 10.1. The maximum Gasteiger partial charge on any atom is 0.258 e. The van der Waals surface area contributed by atoms with Gasteiger partial charge in [0.05, 0.1) is 0 Å². The molecule has 1 unspecified atom stereocenters. The third-order valence-corrected chi connectivity index (χ3v) is 3.14. The lowest BCUT2D eigenvalue weighted by Crippen LogP contribution is -2.35. The Hall–Kier alpha value is -1.55. The minimum atomic E-state index is -0.0938. The van der Waals surface area contributed by atoms with Crippen molar-refractivity contribution in [3.05, 3.63) is 29.8 Å². The molecule has 19 heavy (non-hydrogen) atoms. The fourth-order valence-electron chi connectivity index (χ4n) is 1.61. The van der Waals surface area contributed by atoms with E-state index in [1.807, 2.05) is 45.0 Å². The second-order valence-corrected chi connectivity index (χ2v) is 4.75. The Balaban J connectivity index is 2.43. The molecule has 1 rings (SSSR count). The zero-order chi connectivity index (χ0) is 14.3. The van der Waals surface area contributed by atoms with E-state index in [0.717, 1.165) is 18.4 Å². The minimum Gasteiger partial charge on any atom is -0.484 e. The number of nitrogens with two attached hydrogens (primary N) is 1. The molecule has 0 saturated heterocycles. The number of nitrogens with one attached hydrogen (secondary N) is 1. The summed E-state index contributed by atoms with van der Waals surface area (Å²) < 4.78 is 5.43. The third kappa shape index (κ3) is 5.30. The van der Waals surface area contributed by atoms with Gasteiger partial charge < -0.3 is 15.8 Å². The van der Waals surface area contributed by atoms with Crippen molar-refractivity contribution in [2.24, 2.45) is 5.73 Å². The Morgan fingerprint density at radius 1 is 1.26 bits per heavy atom. The van der Waals surface area contributed by atoms with Crippen LogP contribution < -0.4 is 15.8 Å². The fraction of sp³-hybridized carbons (Fsp3) is 0.533. The van der Waals surface area contributed by atoms with Gasteiger partial charge in [-0.1, -0.05) is 26.0 Å². The predicted octanol–water partition coefficient (Wildman–Crippen LogP) is 2.39. The van der Waals surface area contributed by atoms with E-state index in [9.17, 15) is 4.79 Å². The molecule has 3 N–H and O–H groups in total. The van der Waals surface area contributed by atoms with Crippen LogP contribution in [0, 0.1) is 0 Å². The molecule has 0 saturated carbocycles. The lowest BCUT2D eigenvalue weighted by Gasteiger charge is -2.13. The summed E-state index contributed by atoms with van der Waals surface area (Å²) >= 11 is 0. The predicted molar refractivity (Wildman–Crippen MR) is 77.1 cm³/mol. The van der Waals surface area contributed by atoms with Gasteiger partial charge in [-0.15, -0.1) is 0 Å². The van der Waals surface area contributed by atoms with E-state index in [2.05, 4.69) is 5.32 Å². The monoisotopic (exact) mass is 264 g/mol. The summed E-state index contributed by atoms with van der Waals surface area (Å²) in [5.74, 6) is 0.593. The second-order valence-electron chi connectivity index (χ2n) is 4.75. The summed E-state index contributed by atoms with van der Waals surface area (Å²) in [6, 6.07) is 7.82. The molecule has 0 aromatic heterocycles. The summed E-state index contributed by atoms with van der Waals surface area (Å²) in [6.07, 6.45) is 1.81. The van der Waals surface area contributed by atoms with E-state index >= 15 is 0 Å². The standard InChI is InChI=1S/C15H24N2O2/c1-4-11(3)17-15(18)10-19-13-8-6-12(7-9-13)14(16)5-2/h6-9,11,14H,4-5,10,16H2,1-3H3,(H,17,18)/t11?,14-/m0/s1. The summed E-state index contributed by atoms with van der Waals surface area (Å²) in [4.78, 5) is 11.6. The molecule has 2 atom stereocenters. The Morgan fingerprint density at radius 3 is 2.42 bits per heavy atom. The molecule has 0 aliphatic heterocycles. The molecule has 0 spiro atoms. The lowest BCUT2D eigenvalue weighted by molar-refractivity contribution is -0.123. The van der Waals surface area contributed by atoms with E-state index in [1.165, 1.54) is 0 Å². The van der Waals surface area contributed by atoms with Gasteiger partial charge in [-0.2, -0.15) is 0 Å². The summed E-state index contributed by atoms with van der Waals surface area (Å²) in [5.41, 5.74) is 7.01. The van der Waals surface area contributed by atoms with Gasteiger partial charge in [0.15, 0.2) is 6.61 Å². The zero-order valence-electron chi connectivity index (χ0n) is 12.0. The molecule has 1 aromatic carbocycles. The van der Waals surface area contributed by atoms with E-state index in [4.69, 9.17) is 10.5 Å². The molecule has 0 radical (unpaired) electrons. The molecule has 0 aliphatic carbocycles. The molecule has 0 heterocycles. The highest BCUT2D eigenvalue weighted by Gasteiger charge is 2.07. The first-order chi connectivity index (χ1) is 9.06. The Kier molecular flexibility index (Phi) is 6.36. The number of hydrogen-bond donors (Lipinski definition) is 2. The average molecular weight is 264 g/mol. The quantitative estimate of drug-likeness (QED) is 0.794. The van der Waals surface area contributed by atoms with Gasteiger partial charge in [0, 0.05) is 12.1 Å². The van der Waals surface area contributed by atoms with Crippen molar-refractivity contribution >= 4 is 5.91 Å². The molecule has 106 valence electrons. The molecule has 0 fully saturated rings. The largest absolute Gasteiger partial charge is 0.484 e. The molecule has 4 nitrogen and oxygen atoms in total. The molecule has 1 aromatic rings. The summed E-state index contributed by atoms with van der Waals surface area (Å²) in [7, 11) is 0. The highest BCUT2D eigenvalue weighted by Crippen LogP contribution is 2.18. The van der Waals surface area contributed by atoms with Gasteiger partial charge >= 0.3 is 0 Å². The van der Waals surface area contributed by atoms with Crippen LogP contribution in [0.5, 0.6) is 5.75 Å². The highest BCUT2D eigenvalue weighted by atomic mass is 16.5. The summed E-state index contributed by atoms with van der Waals surface area (Å²) in [5, 5.41) is 2.85. The number of carbonyl (C=O) groups excluding carboxylic acids is 1. The highest BCUT2D eigenvalue weighted by molar-refractivity contribution is 5.77. The SMILES string of the molecule is CCC(C)NC(=O)COc1ccc([C@@H](N)CC)cc1. The van der Waals surface area contributed by atoms with Crippen LogP contribution >= 0.6 is 0 Å². The topological polar surface area (TPSA) is 64.3 Å². The van der Waals surface area contributed by atoms with Gasteiger partial charge in [-0.05, 0) is 37.5 Å². The van der Waals surface area contributed by atoms with Crippen LogP contribution in [0.25, 0.3) is 0 Å². The normalized spacial score (nSPS) is 13.7. The Bertz CT molecular complexity index is 390. The van der Waals surface area contributed by atoms with Crippen molar-refractivity contribution in [1.29, 1.82) is 0 Å². The smallest absolute Gasteiger partial charge is 0.258 e. The van der Waals surface area contributed by atoms with Crippen LogP contribution in [0.4, 0.5) is 0 Å². The second kappa shape index (κ2) is 7.79. The number of rotatable bonds is 7. The first kappa shape index (κ1) is 15.5. The maximum absolute atomic E-state index is 11.6. The minimum absolute atomic E-state index is 0.0452. The van der Waals surface area contributed by atoms with Crippen molar-refractivity contribution in [2.45, 2.75) is 45.7 Å². The number of benzene rings is 1. The van der Waals surface area contributed by atoms with Gasteiger partial charge in [-0.25, -0.2) is 0 Å². The first-order valence-corrected chi connectivity index (χ1v) is 6.84. The van der Waals surface area contributed by atoms with E-state index in [1.54, 1.807) is 0 Å². The van der Waals surface area contributed by atoms with Gasteiger partial charge in [0.25, 0.3) is 5.91 Å². The van der Waals surface area contributed by atoms with Gasteiger partial charge in [-0.3, -0.25) is 4.79 Å². The van der Waals surface area contributed by atoms with Crippen LogP contribution in [-0.2, 0) is 4.79 Å². The molecule has 0 aliphatic rings. The average Bonchev–Trinajstić information content (AvgIpc) is 2.44. The van der Waals surface area contributed by atoms with Gasteiger partial charge in [0.1, 0.15) is 5.75 Å². The van der Waals surface area contributed by atoms with Gasteiger partial charge in [0.2, 0.25) is 0 Å². The number of hydrogen-bond acceptors (Lipinski definition) is 3. The number of carbonyl (C=O) groups is 1. The van der Waals surface area contributed by atoms with Crippen molar-refractivity contribution in [3.8, 4) is 5.75 Å². The van der Waals surface area contributed by atoms with Crippen molar-refractivity contribution in [3.63, 3.8) is 0 Å². The van der Waals surface area contributed by atoms with Crippen LogP contribution in [-0.4, -0.2) is 18.6 Å². The molecular weight excluding hydrogens is 240 g/mol. The Morgan fingerprint density at radius 2 is 1.89 bits per heavy atom. The molecule has 1 amide bonds. The van der Waals surface area contributed by atoms with E-state index < -0.39 is 0 Å². The number of ether oxygens (including phenoxy) is 1.